The summed E-state index contributed by atoms with van der Waals surface area (Å²) in [5.41, 5.74) is 0.0972. The van der Waals surface area contributed by atoms with Gasteiger partial charge in [-0.25, -0.2) is 0 Å². The van der Waals surface area contributed by atoms with Crippen LogP contribution in [-0.2, 0) is 4.74 Å². The van der Waals surface area contributed by atoms with Crippen molar-refractivity contribution < 1.29 is 40.5 Å². The first kappa shape index (κ1) is 17.6. The molecule has 0 radical (unpaired) electrons. The second-order valence-corrected chi connectivity index (χ2v) is 5.78. The normalized spacial score (nSPS) is 49.6. The standard InChI is InChI=1S/C13H23NO8/c1-4-7(10(18)12(20)13(21)22-4)14-6-2-5(3-15)8(16)11(19)9(6)17/h2,4-5,7-21H,3H2,1H3/t4-,5?,7-,8-,9+,10+,11+,12-,13+/m1/s1. The van der Waals surface area contributed by atoms with E-state index in [-0.39, 0.29) is 5.70 Å². The molecule has 128 valence electrons. The SMILES string of the molecule is C[C@H]1O[C@H](O)[C@H](O)[C@@H](O)[C@@H]1NC1=CC(CO)[C@@H](O)[C@H](O)[C@H]1O. The highest BCUT2D eigenvalue weighted by atomic mass is 16.6. The summed E-state index contributed by atoms with van der Waals surface area (Å²) in [6.07, 6.45) is -8.02. The Hall–Kier alpha value is -0.780. The van der Waals surface area contributed by atoms with Crippen molar-refractivity contribution in [3.63, 3.8) is 0 Å². The van der Waals surface area contributed by atoms with Crippen LogP contribution in [0.25, 0.3) is 0 Å². The largest absolute Gasteiger partial charge is 0.396 e. The van der Waals surface area contributed by atoms with Crippen LogP contribution >= 0.6 is 0 Å². The van der Waals surface area contributed by atoms with Crippen molar-refractivity contribution in [3.8, 4) is 0 Å². The molecule has 0 aromatic carbocycles. The molecule has 0 saturated carbocycles. The summed E-state index contributed by atoms with van der Waals surface area (Å²) in [7, 11) is 0. The zero-order valence-corrected chi connectivity index (χ0v) is 12.0. The summed E-state index contributed by atoms with van der Waals surface area (Å²) in [6.45, 7) is 1.12. The molecule has 1 aliphatic heterocycles. The average Bonchev–Trinajstić information content (AvgIpc) is 2.49. The maximum Gasteiger partial charge on any atom is 0.183 e. The van der Waals surface area contributed by atoms with Gasteiger partial charge in [-0.15, -0.1) is 0 Å². The number of aliphatic hydroxyl groups excluding tert-OH is 7. The van der Waals surface area contributed by atoms with Gasteiger partial charge in [0.15, 0.2) is 6.29 Å². The summed E-state index contributed by atoms with van der Waals surface area (Å²) >= 11 is 0. The average molecular weight is 321 g/mol. The molecule has 0 aromatic heterocycles. The lowest BCUT2D eigenvalue weighted by Crippen LogP contribution is -2.63. The van der Waals surface area contributed by atoms with E-state index in [1.165, 1.54) is 6.08 Å². The number of ether oxygens (including phenoxy) is 1. The molecule has 9 nitrogen and oxygen atoms in total. The Kier molecular flexibility index (Phi) is 5.41. The fourth-order valence-corrected chi connectivity index (χ4v) is 2.79. The Bertz CT molecular complexity index is 419. The van der Waals surface area contributed by atoms with Gasteiger partial charge in [0, 0.05) is 11.6 Å². The highest BCUT2D eigenvalue weighted by Crippen LogP contribution is 2.26. The van der Waals surface area contributed by atoms with Gasteiger partial charge in [0.05, 0.1) is 24.9 Å². The first-order chi connectivity index (χ1) is 10.3. The van der Waals surface area contributed by atoms with E-state index in [1.54, 1.807) is 6.92 Å². The van der Waals surface area contributed by atoms with Gasteiger partial charge in [0.1, 0.15) is 24.4 Å². The van der Waals surface area contributed by atoms with Crippen molar-refractivity contribution in [2.45, 2.75) is 55.9 Å². The number of hydrogen-bond acceptors (Lipinski definition) is 9. The lowest BCUT2D eigenvalue weighted by Gasteiger charge is -2.43. The molecule has 0 spiro atoms. The molecule has 0 aromatic rings. The second kappa shape index (κ2) is 6.77. The second-order valence-electron chi connectivity index (χ2n) is 5.78. The van der Waals surface area contributed by atoms with E-state index in [2.05, 4.69) is 5.32 Å². The van der Waals surface area contributed by atoms with Crippen LogP contribution in [0.1, 0.15) is 6.92 Å². The summed E-state index contributed by atoms with van der Waals surface area (Å²) in [4.78, 5) is 0. The first-order valence-electron chi connectivity index (χ1n) is 7.11. The third-order valence-electron chi connectivity index (χ3n) is 4.24. The molecule has 0 amide bonds. The highest BCUT2D eigenvalue weighted by Gasteiger charge is 2.44. The molecule has 9 heteroatoms. The van der Waals surface area contributed by atoms with Gasteiger partial charge >= 0.3 is 0 Å². The smallest absolute Gasteiger partial charge is 0.183 e. The molecule has 1 heterocycles. The quantitative estimate of drug-likeness (QED) is 0.259. The molecule has 0 bridgehead atoms. The minimum atomic E-state index is -1.53. The molecule has 1 saturated heterocycles. The van der Waals surface area contributed by atoms with Crippen LogP contribution < -0.4 is 5.32 Å². The minimum Gasteiger partial charge on any atom is -0.396 e. The van der Waals surface area contributed by atoms with Crippen molar-refractivity contribution in [3.05, 3.63) is 11.8 Å². The predicted molar refractivity (Wildman–Crippen MR) is 72.2 cm³/mol. The van der Waals surface area contributed by atoms with Crippen LogP contribution in [0.4, 0.5) is 0 Å². The fourth-order valence-electron chi connectivity index (χ4n) is 2.79. The first-order valence-corrected chi connectivity index (χ1v) is 7.11. The van der Waals surface area contributed by atoms with E-state index in [0.29, 0.717) is 0 Å². The minimum absolute atomic E-state index is 0.0972. The van der Waals surface area contributed by atoms with E-state index < -0.39 is 61.5 Å². The molecule has 9 atom stereocenters. The fraction of sp³-hybridized carbons (Fsp3) is 0.846. The Balaban J connectivity index is 2.17. The van der Waals surface area contributed by atoms with E-state index in [4.69, 9.17) is 4.74 Å². The highest BCUT2D eigenvalue weighted by molar-refractivity contribution is 5.19. The van der Waals surface area contributed by atoms with Crippen molar-refractivity contribution in [1.82, 2.24) is 5.32 Å². The molecule has 1 aliphatic carbocycles. The number of aliphatic hydroxyl groups is 7. The Morgan fingerprint density at radius 1 is 1.00 bits per heavy atom. The van der Waals surface area contributed by atoms with Crippen LogP contribution in [-0.4, -0.2) is 91.3 Å². The molecule has 2 aliphatic rings. The Labute approximate surface area is 127 Å². The molecular formula is C13H23NO8. The van der Waals surface area contributed by atoms with E-state index in [9.17, 15) is 35.7 Å². The summed E-state index contributed by atoms with van der Waals surface area (Å²) in [5, 5.41) is 70.5. The maximum absolute atomic E-state index is 10.0. The van der Waals surface area contributed by atoms with Gasteiger partial charge in [-0.3, -0.25) is 0 Å². The van der Waals surface area contributed by atoms with Crippen molar-refractivity contribution in [2.24, 2.45) is 5.92 Å². The van der Waals surface area contributed by atoms with Crippen molar-refractivity contribution in [1.29, 1.82) is 0 Å². The molecule has 8 N–H and O–H groups in total. The van der Waals surface area contributed by atoms with Crippen LogP contribution in [0.5, 0.6) is 0 Å². The third-order valence-corrected chi connectivity index (χ3v) is 4.24. The lowest BCUT2D eigenvalue weighted by molar-refractivity contribution is -0.253. The van der Waals surface area contributed by atoms with Crippen molar-refractivity contribution >= 4 is 0 Å². The van der Waals surface area contributed by atoms with Crippen LogP contribution in [0.3, 0.4) is 0 Å². The van der Waals surface area contributed by atoms with Crippen LogP contribution in [0.2, 0.25) is 0 Å². The van der Waals surface area contributed by atoms with Gasteiger partial charge in [0.25, 0.3) is 0 Å². The monoisotopic (exact) mass is 321 g/mol. The van der Waals surface area contributed by atoms with E-state index in [0.717, 1.165) is 0 Å². The molecule has 1 unspecified atom stereocenters. The molecule has 22 heavy (non-hydrogen) atoms. The summed E-state index contributed by atoms with van der Waals surface area (Å²) in [5.74, 6) is -0.784. The molecule has 1 fully saturated rings. The van der Waals surface area contributed by atoms with Gasteiger partial charge in [-0.1, -0.05) is 6.08 Å². The number of nitrogens with one attached hydrogen (secondary N) is 1. The van der Waals surface area contributed by atoms with Gasteiger partial charge in [-0.2, -0.15) is 0 Å². The topological polar surface area (TPSA) is 163 Å². The summed E-state index contributed by atoms with van der Waals surface area (Å²) < 4.78 is 5.07. The zero-order chi connectivity index (χ0) is 16.6. The Morgan fingerprint density at radius 3 is 2.23 bits per heavy atom. The van der Waals surface area contributed by atoms with E-state index >= 15 is 0 Å². The van der Waals surface area contributed by atoms with Crippen LogP contribution in [0.15, 0.2) is 11.8 Å². The summed E-state index contributed by atoms with van der Waals surface area (Å²) in [6, 6.07) is -0.860. The van der Waals surface area contributed by atoms with Gasteiger partial charge < -0.3 is 45.8 Å². The van der Waals surface area contributed by atoms with Crippen LogP contribution in [0, 0.1) is 5.92 Å². The predicted octanol–water partition coefficient (Wildman–Crippen LogP) is -4.01. The van der Waals surface area contributed by atoms with Gasteiger partial charge in [0.2, 0.25) is 0 Å². The van der Waals surface area contributed by atoms with E-state index in [1.807, 2.05) is 0 Å². The lowest BCUT2D eigenvalue weighted by atomic mass is 9.86. The third kappa shape index (κ3) is 3.12. The number of rotatable bonds is 3. The maximum atomic E-state index is 10.0. The molecular weight excluding hydrogens is 298 g/mol. The van der Waals surface area contributed by atoms with Gasteiger partial charge in [-0.05, 0) is 6.92 Å². The van der Waals surface area contributed by atoms with Crippen molar-refractivity contribution in [2.75, 3.05) is 6.61 Å². The molecule has 2 rings (SSSR count). The number of hydrogen-bond donors (Lipinski definition) is 8. The Morgan fingerprint density at radius 2 is 1.64 bits per heavy atom. The zero-order valence-electron chi connectivity index (χ0n) is 12.0.